The van der Waals surface area contributed by atoms with E-state index in [-0.39, 0.29) is 128 Å². The maximum atomic E-state index is 15.1. The number of carbonyl (C=O) groups is 10. The first-order chi connectivity index (χ1) is 45.4. The summed E-state index contributed by atoms with van der Waals surface area (Å²) in [6, 6.07) is 9.97. The number of hydrogen-bond acceptors (Lipinski definition) is 15. The van der Waals surface area contributed by atoms with E-state index in [4.69, 9.17) is 55.0 Å². The minimum absolute atomic E-state index is 0.0331. The van der Waals surface area contributed by atoms with Crippen molar-refractivity contribution in [2.45, 2.75) is 158 Å². The second kappa shape index (κ2) is 42.0. The zero-order chi connectivity index (χ0) is 69.7. The third-order valence-electron chi connectivity index (χ3n) is 15.1. The molecule has 1 aliphatic heterocycles. The highest BCUT2D eigenvalue weighted by Crippen LogP contribution is 2.18. The van der Waals surface area contributed by atoms with Crippen LogP contribution in [0, 0.1) is 21.6 Å². The molecule has 0 radical (unpaired) electrons. The lowest BCUT2D eigenvalue weighted by atomic mass is 9.99. The Morgan fingerprint density at radius 3 is 1.24 bits per heavy atom. The van der Waals surface area contributed by atoms with Crippen LogP contribution in [0.4, 0.5) is 0 Å². The van der Waals surface area contributed by atoms with Crippen molar-refractivity contribution < 1.29 is 52.7 Å². The monoisotopic (exact) mass is 1320 g/mol. The van der Waals surface area contributed by atoms with Gasteiger partial charge in [0, 0.05) is 58.6 Å². The molecule has 1 fully saturated rings. The Labute approximate surface area is 551 Å². The van der Waals surface area contributed by atoms with Crippen LogP contribution in [0.2, 0.25) is 0 Å². The quantitative estimate of drug-likeness (QED) is 0.0157. The van der Waals surface area contributed by atoms with Crippen molar-refractivity contribution in [1.82, 2.24) is 69.1 Å². The molecule has 10 amide bonds. The molecule has 0 spiro atoms. The number of benzene rings is 3. The number of nitrogens with two attached hydrogens (primary N) is 5. The van der Waals surface area contributed by atoms with Gasteiger partial charge in [-0.2, -0.15) is 0 Å². The fourth-order valence-corrected chi connectivity index (χ4v) is 10.1. The number of unbranched alkanes of at least 4 members (excludes halogenated alkanes) is 1. The number of hydrogen-bond donors (Lipinski definition) is 22. The van der Waals surface area contributed by atoms with E-state index in [0.29, 0.717) is 37.0 Å². The molecule has 33 nitrogen and oxygen atoms in total. The first-order valence-corrected chi connectivity index (χ1v) is 31.8. The molecule has 1 heterocycles. The number of guanidine groups is 4. The summed E-state index contributed by atoms with van der Waals surface area (Å²) in [4.78, 5) is 143. The van der Waals surface area contributed by atoms with Crippen molar-refractivity contribution in [2.24, 2.45) is 28.7 Å². The molecular weight excluding hydrogens is 1230 g/mol. The van der Waals surface area contributed by atoms with Crippen LogP contribution in [0.15, 0.2) is 72.8 Å². The number of nitrogens with one attached hydrogen (secondary N) is 17. The van der Waals surface area contributed by atoms with Gasteiger partial charge in [0.05, 0.1) is 0 Å². The second-order valence-electron chi connectivity index (χ2n) is 22.9. The van der Waals surface area contributed by atoms with Gasteiger partial charge >= 0.3 is 0 Å². The molecule has 4 rings (SSSR count). The lowest BCUT2D eigenvalue weighted by Crippen LogP contribution is -2.60. The van der Waals surface area contributed by atoms with Gasteiger partial charge < -0.3 is 103 Å². The van der Waals surface area contributed by atoms with Gasteiger partial charge in [-0.1, -0.05) is 79.7 Å². The maximum absolute atomic E-state index is 15.1. The number of amides is 10. The van der Waals surface area contributed by atoms with Gasteiger partial charge in [-0.25, -0.2) is 0 Å². The van der Waals surface area contributed by atoms with E-state index < -0.39 is 126 Å². The van der Waals surface area contributed by atoms with Gasteiger partial charge in [-0.3, -0.25) is 69.6 Å². The molecule has 27 N–H and O–H groups in total. The molecule has 3 aromatic carbocycles. The standard InChI is InChI=1S/C62H96N22O11/c1-2-32-95-36-50(86)77-41(51(63)87)18-8-9-27-72-49(85)26-25-46-56(92)83-47(34-37-14-4-3-5-15-37)58(94)84-48(35-38-23-24-39-16-6-7-17-40(39)33-38)57(93)81-45(22-13-31-76-62(70)71)54(90)79-43(20-11-29-74-60(66)67)52(88)78-42(19-10-28-73-59(64)65)53(89)80-44(55(91)82-46)21-12-30-75-61(68)69/h3-7,14-17,23-24,33,41-48H,2,8-13,18-22,25-32,34-36H2,1H3,(H2,63,87)(H,72,85)(H,77,86)(H,78,88)(H,79,90)(H,80,89)(H,81,93)(H,82,91)(H,83,92)(H,84,94)(H4,64,65,73)(H4,66,67,74)(H4,68,69,75)(H4,70,71,76)/t41?,42-,43+,44?,45?,46?,47?,48?/m0/s1. The van der Waals surface area contributed by atoms with E-state index in [1.54, 1.807) is 36.4 Å². The summed E-state index contributed by atoms with van der Waals surface area (Å²) in [7, 11) is 0. The fourth-order valence-electron chi connectivity index (χ4n) is 10.1. The van der Waals surface area contributed by atoms with Crippen molar-refractivity contribution >= 4 is 93.7 Å². The van der Waals surface area contributed by atoms with Crippen LogP contribution in [0.25, 0.3) is 10.8 Å². The highest BCUT2D eigenvalue weighted by Gasteiger charge is 2.36. The third kappa shape index (κ3) is 30.3. The normalized spacial score (nSPS) is 19.4. The number of primary amides is 1. The lowest BCUT2D eigenvalue weighted by Gasteiger charge is -2.28. The molecule has 0 aromatic heterocycles. The maximum Gasteiger partial charge on any atom is 0.246 e. The van der Waals surface area contributed by atoms with Crippen molar-refractivity contribution in [3.8, 4) is 0 Å². The molecule has 1 aliphatic rings. The van der Waals surface area contributed by atoms with Gasteiger partial charge in [-0.05, 0) is 105 Å². The van der Waals surface area contributed by atoms with Gasteiger partial charge in [0.25, 0.3) is 0 Å². The molecule has 6 unspecified atom stereocenters. The van der Waals surface area contributed by atoms with Crippen molar-refractivity contribution in [1.29, 1.82) is 21.6 Å². The number of rotatable bonds is 34. The van der Waals surface area contributed by atoms with Crippen molar-refractivity contribution in [3.05, 3.63) is 83.9 Å². The average molecular weight is 1330 g/mol. The number of fused-ring (bicyclic) bond motifs is 1. The highest BCUT2D eigenvalue weighted by atomic mass is 16.5. The Morgan fingerprint density at radius 1 is 0.442 bits per heavy atom. The SMILES string of the molecule is CCCOCC(=O)NC(CCCCNC(=O)CCC1NC(=O)C(CCCNC(=N)N)NC(=O)[C@H](CCCNC(=N)N)NC(=O)[C@@H](CCCNC(=N)N)NC(=O)C(CCCNC(=N)N)NC(=O)C(Cc2ccc3ccccc3c2)NC(=O)C(Cc2ccccc2)NC1=O)C(N)=O. The minimum Gasteiger partial charge on any atom is -0.372 e. The van der Waals surface area contributed by atoms with E-state index in [1.165, 1.54) is 0 Å². The largest absolute Gasteiger partial charge is 0.372 e. The van der Waals surface area contributed by atoms with Crippen LogP contribution in [-0.2, 0) is 65.5 Å². The minimum atomic E-state index is -1.62. The van der Waals surface area contributed by atoms with Gasteiger partial charge in [0.2, 0.25) is 59.1 Å². The van der Waals surface area contributed by atoms with E-state index in [0.717, 1.165) is 10.8 Å². The van der Waals surface area contributed by atoms with E-state index in [2.05, 4.69) is 69.1 Å². The Balaban J connectivity index is 1.86. The second-order valence-corrected chi connectivity index (χ2v) is 22.9. The van der Waals surface area contributed by atoms with Crippen molar-refractivity contribution in [3.63, 3.8) is 0 Å². The summed E-state index contributed by atoms with van der Waals surface area (Å²) in [5.41, 5.74) is 28.9. The third-order valence-corrected chi connectivity index (χ3v) is 15.1. The smallest absolute Gasteiger partial charge is 0.246 e. The van der Waals surface area contributed by atoms with E-state index in [1.807, 2.05) is 43.3 Å². The van der Waals surface area contributed by atoms with E-state index >= 15 is 14.4 Å². The first kappa shape index (κ1) is 77.1. The number of carbonyl (C=O) groups excluding carboxylic acids is 10. The molecule has 1 saturated heterocycles. The van der Waals surface area contributed by atoms with Crippen LogP contribution in [0.3, 0.4) is 0 Å². The highest BCUT2D eigenvalue weighted by molar-refractivity contribution is 5.99. The van der Waals surface area contributed by atoms with Crippen LogP contribution in [-0.4, -0.2) is 177 Å². The number of ether oxygens (including phenoxy) is 1. The lowest BCUT2D eigenvalue weighted by molar-refractivity contribution is -0.135. The summed E-state index contributed by atoms with van der Waals surface area (Å²) >= 11 is 0. The Bertz CT molecular complexity index is 3100. The van der Waals surface area contributed by atoms with Gasteiger partial charge in [-0.15, -0.1) is 0 Å². The van der Waals surface area contributed by atoms with Crippen LogP contribution >= 0.6 is 0 Å². The Kier molecular flexibility index (Phi) is 34.1. The molecule has 33 heteroatoms. The molecular formula is C62H96N22O11. The molecule has 520 valence electrons. The van der Waals surface area contributed by atoms with Crippen molar-refractivity contribution in [2.75, 3.05) is 45.9 Å². The fraction of sp³-hybridized carbons (Fsp3) is 0.516. The topological polar surface area (TPSA) is 562 Å². The predicted octanol–water partition coefficient (Wildman–Crippen LogP) is -3.45. The van der Waals surface area contributed by atoms with E-state index in [9.17, 15) is 33.6 Å². The molecule has 0 saturated carbocycles. The molecule has 95 heavy (non-hydrogen) atoms. The summed E-state index contributed by atoms with van der Waals surface area (Å²) in [5, 5.41) is 67.6. The zero-order valence-corrected chi connectivity index (χ0v) is 53.7. The molecule has 0 aliphatic carbocycles. The summed E-state index contributed by atoms with van der Waals surface area (Å²) in [6.07, 6.45) is 0.223. The van der Waals surface area contributed by atoms with Crippen LogP contribution in [0.1, 0.15) is 108 Å². The molecule has 0 bridgehead atoms. The molecule has 8 atom stereocenters. The Hall–Kier alpha value is -10.3. The Morgan fingerprint density at radius 2 is 0.821 bits per heavy atom. The molecule has 3 aromatic rings. The van der Waals surface area contributed by atoms with Crippen LogP contribution in [0.5, 0.6) is 0 Å². The average Bonchev–Trinajstić information content (AvgIpc) is 1.13. The van der Waals surface area contributed by atoms with Gasteiger partial charge in [0.1, 0.15) is 54.9 Å². The van der Waals surface area contributed by atoms with Crippen LogP contribution < -0.4 is 97.8 Å². The first-order valence-electron chi connectivity index (χ1n) is 31.8. The summed E-state index contributed by atoms with van der Waals surface area (Å²) in [6.45, 7) is 2.26. The zero-order valence-electron chi connectivity index (χ0n) is 53.7. The summed E-state index contributed by atoms with van der Waals surface area (Å²) < 4.78 is 5.25. The predicted molar refractivity (Wildman–Crippen MR) is 356 cm³/mol. The summed E-state index contributed by atoms with van der Waals surface area (Å²) in [5.74, 6) is -9.70. The van der Waals surface area contributed by atoms with Gasteiger partial charge in [0.15, 0.2) is 23.8 Å².